The van der Waals surface area contributed by atoms with Crippen molar-refractivity contribution in [3.05, 3.63) is 30.3 Å². The van der Waals surface area contributed by atoms with Crippen LogP contribution >= 0.6 is 0 Å². The van der Waals surface area contributed by atoms with Gasteiger partial charge in [-0.2, -0.15) is 0 Å². The topological polar surface area (TPSA) is 47.6 Å². The molecule has 0 aromatic heterocycles. The second kappa shape index (κ2) is 8.96. The van der Waals surface area contributed by atoms with Gasteiger partial charge >= 0.3 is 6.03 Å². The number of para-hydroxylation sites is 1. The molecule has 2 aliphatic heterocycles. The van der Waals surface area contributed by atoms with Crippen molar-refractivity contribution in [2.24, 2.45) is 11.8 Å². The van der Waals surface area contributed by atoms with Gasteiger partial charge in [0.15, 0.2) is 0 Å². The van der Waals surface area contributed by atoms with E-state index in [1.807, 2.05) is 0 Å². The van der Waals surface area contributed by atoms with Crippen molar-refractivity contribution in [3.8, 4) is 0 Å². The molecule has 0 unspecified atom stereocenters. The van der Waals surface area contributed by atoms with Gasteiger partial charge in [-0.1, -0.05) is 25.1 Å². The molecule has 2 heterocycles. The SMILES string of the molecule is C[C@H]1CCCN(C(C)(C)CNC(=O)NC[C@@H]2CCN(c3ccccc3)C2)C1. The molecule has 2 fully saturated rings. The monoisotopic (exact) mass is 372 g/mol. The van der Waals surface area contributed by atoms with E-state index in [9.17, 15) is 4.79 Å². The molecule has 0 radical (unpaired) electrons. The highest BCUT2D eigenvalue weighted by Crippen LogP contribution is 2.24. The maximum atomic E-state index is 12.3. The fourth-order valence-corrected chi connectivity index (χ4v) is 4.32. The second-order valence-electron chi connectivity index (χ2n) is 9.01. The number of rotatable bonds is 6. The lowest BCUT2D eigenvalue weighted by molar-refractivity contribution is 0.0724. The zero-order valence-electron chi connectivity index (χ0n) is 17.2. The minimum absolute atomic E-state index is 0.00346. The van der Waals surface area contributed by atoms with Gasteiger partial charge in [0.1, 0.15) is 0 Å². The zero-order valence-corrected chi connectivity index (χ0v) is 17.2. The summed E-state index contributed by atoms with van der Waals surface area (Å²) in [6, 6.07) is 10.5. The van der Waals surface area contributed by atoms with Crippen LogP contribution in [0.5, 0.6) is 0 Å². The molecule has 2 atom stereocenters. The molecule has 0 bridgehead atoms. The number of amides is 2. The van der Waals surface area contributed by atoms with E-state index in [1.54, 1.807) is 0 Å². The predicted molar refractivity (Wildman–Crippen MR) is 112 cm³/mol. The van der Waals surface area contributed by atoms with Crippen molar-refractivity contribution < 1.29 is 4.79 Å². The maximum absolute atomic E-state index is 12.3. The highest BCUT2D eigenvalue weighted by Gasteiger charge is 2.30. The first-order valence-corrected chi connectivity index (χ1v) is 10.5. The van der Waals surface area contributed by atoms with E-state index in [0.717, 1.165) is 45.1 Å². The van der Waals surface area contributed by atoms with Crippen molar-refractivity contribution in [2.75, 3.05) is 44.2 Å². The molecule has 2 saturated heterocycles. The largest absolute Gasteiger partial charge is 0.371 e. The highest BCUT2D eigenvalue weighted by molar-refractivity contribution is 5.73. The van der Waals surface area contributed by atoms with Crippen LogP contribution in [0.4, 0.5) is 10.5 Å². The molecule has 5 nitrogen and oxygen atoms in total. The number of nitrogens with zero attached hydrogens (tertiary/aromatic N) is 2. The summed E-state index contributed by atoms with van der Waals surface area (Å²) in [5.41, 5.74) is 1.28. The van der Waals surface area contributed by atoms with E-state index in [1.165, 1.54) is 18.5 Å². The quantitative estimate of drug-likeness (QED) is 0.805. The molecule has 2 N–H and O–H groups in total. The molecule has 150 valence electrons. The van der Waals surface area contributed by atoms with E-state index >= 15 is 0 Å². The molecule has 2 aliphatic rings. The molecule has 5 heteroatoms. The third kappa shape index (κ3) is 5.61. The Bertz CT molecular complexity index is 604. The van der Waals surface area contributed by atoms with Crippen LogP contribution in [-0.2, 0) is 0 Å². The Morgan fingerprint density at radius 1 is 1.11 bits per heavy atom. The van der Waals surface area contributed by atoms with E-state index in [4.69, 9.17) is 0 Å². The van der Waals surface area contributed by atoms with Gasteiger partial charge in [-0.3, -0.25) is 4.90 Å². The minimum Gasteiger partial charge on any atom is -0.371 e. The second-order valence-corrected chi connectivity index (χ2v) is 9.01. The molecule has 3 rings (SSSR count). The average Bonchev–Trinajstić information content (AvgIpc) is 3.15. The Hall–Kier alpha value is -1.75. The lowest BCUT2D eigenvalue weighted by atomic mass is 9.93. The Morgan fingerprint density at radius 2 is 1.89 bits per heavy atom. The summed E-state index contributed by atoms with van der Waals surface area (Å²) in [7, 11) is 0. The van der Waals surface area contributed by atoms with Crippen LogP contribution in [-0.4, -0.2) is 55.7 Å². The Balaban J connectivity index is 1.37. The Morgan fingerprint density at radius 3 is 2.63 bits per heavy atom. The van der Waals surface area contributed by atoms with Crippen LogP contribution < -0.4 is 15.5 Å². The van der Waals surface area contributed by atoms with Crippen molar-refractivity contribution >= 4 is 11.7 Å². The van der Waals surface area contributed by atoms with Crippen LogP contribution in [0.3, 0.4) is 0 Å². The number of carbonyl (C=O) groups is 1. The number of nitrogens with one attached hydrogen (secondary N) is 2. The average molecular weight is 373 g/mol. The molecule has 2 amide bonds. The van der Waals surface area contributed by atoms with E-state index in [0.29, 0.717) is 12.5 Å². The molecule has 0 aliphatic carbocycles. The Kier molecular flexibility index (Phi) is 6.64. The standard InChI is InChI=1S/C22H36N4O/c1-18-8-7-12-26(15-18)22(2,3)17-24-21(27)23-14-19-11-13-25(16-19)20-9-5-4-6-10-20/h4-6,9-10,18-19H,7-8,11-17H2,1-3H3,(H2,23,24,27)/t18-,19-/m0/s1. The third-order valence-electron chi connectivity index (χ3n) is 6.15. The summed E-state index contributed by atoms with van der Waals surface area (Å²) >= 11 is 0. The summed E-state index contributed by atoms with van der Waals surface area (Å²) in [6.07, 6.45) is 3.71. The Labute approximate surface area is 164 Å². The van der Waals surface area contributed by atoms with Gasteiger partial charge in [-0.05, 0) is 63.6 Å². The highest BCUT2D eigenvalue weighted by atomic mass is 16.2. The first-order chi connectivity index (χ1) is 12.9. The maximum Gasteiger partial charge on any atom is 0.314 e. The molecule has 0 spiro atoms. The molecular weight excluding hydrogens is 336 g/mol. The number of urea groups is 1. The third-order valence-corrected chi connectivity index (χ3v) is 6.15. The number of carbonyl (C=O) groups excluding carboxylic acids is 1. The van der Waals surface area contributed by atoms with Gasteiger partial charge in [-0.25, -0.2) is 4.79 Å². The van der Waals surface area contributed by atoms with Crippen molar-refractivity contribution in [3.63, 3.8) is 0 Å². The van der Waals surface area contributed by atoms with Crippen molar-refractivity contribution in [2.45, 2.75) is 45.6 Å². The zero-order chi connectivity index (χ0) is 19.3. The number of anilines is 1. The number of piperidine rings is 1. The summed E-state index contributed by atoms with van der Waals surface area (Å²) in [6.45, 7) is 12.6. The van der Waals surface area contributed by atoms with Gasteiger partial charge in [0.05, 0.1) is 0 Å². The fraction of sp³-hybridized carbons (Fsp3) is 0.682. The predicted octanol–water partition coefficient (Wildman–Crippen LogP) is 3.32. The van der Waals surface area contributed by atoms with Crippen LogP contribution in [0, 0.1) is 11.8 Å². The normalized spacial score (nSPS) is 24.0. The van der Waals surface area contributed by atoms with Gasteiger partial charge in [0.25, 0.3) is 0 Å². The molecule has 0 saturated carbocycles. The smallest absolute Gasteiger partial charge is 0.314 e. The van der Waals surface area contributed by atoms with Crippen LogP contribution in [0.25, 0.3) is 0 Å². The molecule has 27 heavy (non-hydrogen) atoms. The fourth-order valence-electron chi connectivity index (χ4n) is 4.32. The summed E-state index contributed by atoms with van der Waals surface area (Å²) < 4.78 is 0. The van der Waals surface area contributed by atoms with Gasteiger partial charge in [-0.15, -0.1) is 0 Å². The van der Waals surface area contributed by atoms with Gasteiger partial charge in [0.2, 0.25) is 0 Å². The summed E-state index contributed by atoms with van der Waals surface area (Å²) in [5, 5.41) is 6.18. The number of hydrogen-bond donors (Lipinski definition) is 2. The minimum atomic E-state index is -0.0358. The molecule has 1 aromatic rings. The van der Waals surface area contributed by atoms with Gasteiger partial charge < -0.3 is 15.5 Å². The summed E-state index contributed by atoms with van der Waals surface area (Å²) in [4.78, 5) is 17.2. The number of benzene rings is 1. The van der Waals surface area contributed by atoms with E-state index in [-0.39, 0.29) is 11.6 Å². The van der Waals surface area contributed by atoms with Gasteiger partial charge in [0, 0.05) is 44.0 Å². The van der Waals surface area contributed by atoms with Crippen LogP contribution in [0.2, 0.25) is 0 Å². The molecule has 1 aromatic carbocycles. The lowest BCUT2D eigenvalue weighted by Crippen LogP contribution is -2.55. The summed E-state index contributed by atoms with van der Waals surface area (Å²) in [5.74, 6) is 1.27. The number of hydrogen-bond acceptors (Lipinski definition) is 3. The van der Waals surface area contributed by atoms with Crippen molar-refractivity contribution in [1.29, 1.82) is 0 Å². The van der Waals surface area contributed by atoms with E-state index in [2.05, 4.69) is 71.5 Å². The molecular formula is C22H36N4O. The lowest BCUT2D eigenvalue weighted by Gasteiger charge is -2.43. The number of likely N-dealkylation sites (tertiary alicyclic amines) is 1. The first kappa shape index (κ1) is 20.0. The first-order valence-electron chi connectivity index (χ1n) is 10.5. The van der Waals surface area contributed by atoms with E-state index < -0.39 is 0 Å². The van der Waals surface area contributed by atoms with Crippen molar-refractivity contribution in [1.82, 2.24) is 15.5 Å². The van der Waals surface area contributed by atoms with Crippen LogP contribution in [0.15, 0.2) is 30.3 Å². The van der Waals surface area contributed by atoms with Crippen LogP contribution in [0.1, 0.15) is 40.0 Å².